The monoisotopic (exact) mass is 269 g/mol. The van der Waals surface area contributed by atoms with Crippen molar-refractivity contribution in [2.45, 2.75) is 32.5 Å². The van der Waals surface area contributed by atoms with Crippen LogP contribution in [0.25, 0.3) is 0 Å². The van der Waals surface area contributed by atoms with E-state index in [0.29, 0.717) is 0 Å². The minimum atomic E-state index is -4.90. The summed E-state index contributed by atoms with van der Waals surface area (Å²) in [7, 11) is 0. The van der Waals surface area contributed by atoms with E-state index in [-0.39, 0.29) is 6.54 Å². The number of carbonyl (C=O) groups excluding carboxylic acids is 1. The summed E-state index contributed by atoms with van der Waals surface area (Å²) in [6, 6.07) is 0. The van der Waals surface area contributed by atoms with Gasteiger partial charge in [0.1, 0.15) is 0 Å². The molecule has 0 radical (unpaired) electrons. The average Bonchev–Trinajstić information content (AvgIpc) is 2.60. The average molecular weight is 269 g/mol. The van der Waals surface area contributed by atoms with E-state index >= 15 is 0 Å². The number of halogens is 3. The normalized spacial score (nSPS) is 24.4. The van der Waals surface area contributed by atoms with Gasteiger partial charge in [0, 0.05) is 13.1 Å². The van der Waals surface area contributed by atoms with Gasteiger partial charge in [-0.1, -0.05) is 0 Å². The Hall–Kier alpha value is -1.47. The molecule has 0 aromatic rings. The topological polar surface area (TPSA) is 66.8 Å². The molecule has 1 heterocycles. The number of carboxylic acid groups (broad SMARTS) is 1. The van der Waals surface area contributed by atoms with E-state index < -0.39 is 42.7 Å². The lowest BCUT2D eigenvalue weighted by molar-refractivity contribution is -0.227. The number of hydrogen-bond donors (Lipinski definition) is 1. The Labute approximate surface area is 102 Å². The Bertz CT molecular complexity index is 356. The molecule has 1 saturated heterocycles. The molecule has 104 valence electrons. The van der Waals surface area contributed by atoms with E-state index in [0.717, 1.165) is 4.90 Å². The van der Waals surface area contributed by atoms with Crippen LogP contribution in [0.3, 0.4) is 0 Å². The molecular weight excluding hydrogens is 255 g/mol. The number of hydrogen-bond acceptors (Lipinski definition) is 3. The minimum absolute atomic E-state index is 0.280. The van der Waals surface area contributed by atoms with Crippen LogP contribution >= 0.6 is 0 Å². The number of rotatable bonds is 2. The lowest BCUT2D eigenvalue weighted by Crippen LogP contribution is -2.47. The SMILES string of the molecule is CC(C)OC(=O)N1CC[C@](C(=O)O)(C(F)(F)F)C1. The summed E-state index contributed by atoms with van der Waals surface area (Å²) in [6.07, 6.45) is -6.94. The fraction of sp³-hybridized carbons (Fsp3) is 0.800. The van der Waals surface area contributed by atoms with Crippen molar-refractivity contribution in [2.24, 2.45) is 5.41 Å². The lowest BCUT2D eigenvalue weighted by atomic mass is 9.86. The summed E-state index contributed by atoms with van der Waals surface area (Å²) >= 11 is 0. The second kappa shape index (κ2) is 4.66. The highest BCUT2D eigenvalue weighted by Gasteiger charge is 2.64. The maximum Gasteiger partial charge on any atom is 0.410 e. The molecule has 0 bridgehead atoms. The molecule has 1 atom stereocenters. The fourth-order valence-corrected chi connectivity index (χ4v) is 1.77. The quantitative estimate of drug-likeness (QED) is 0.831. The molecule has 1 fully saturated rings. The zero-order valence-electron chi connectivity index (χ0n) is 9.95. The summed E-state index contributed by atoms with van der Waals surface area (Å²) in [5.41, 5.74) is -2.89. The Morgan fingerprint density at radius 2 is 1.94 bits per heavy atom. The van der Waals surface area contributed by atoms with Gasteiger partial charge < -0.3 is 14.7 Å². The predicted molar refractivity (Wildman–Crippen MR) is 53.9 cm³/mol. The molecule has 8 heteroatoms. The first-order chi connectivity index (χ1) is 8.10. The summed E-state index contributed by atoms with van der Waals surface area (Å²) < 4.78 is 43.2. The highest BCUT2D eigenvalue weighted by Crippen LogP contribution is 2.45. The zero-order valence-corrected chi connectivity index (χ0v) is 9.95. The zero-order chi connectivity index (χ0) is 14.1. The standard InChI is InChI=1S/C10H14F3NO4/c1-6(2)18-8(17)14-4-3-9(5-14,7(15)16)10(11,12)13/h6H,3-5H2,1-2H3,(H,15,16)/t9-/m0/s1. The Morgan fingerprint density at radius 3 is 2.28 bits per heavy atom. The summed E-state index contributed by atoms with van der Waals surface area (Å²) in [6.45, 7) is 1.93. The maximum atomic E-state index is 12.8. The number of carboxylic acids is 1. The molecule has 0 spiro atoms. The molecule has 1 rings (SSSR count). The van der Waals surface area contributed by atoms with Gasteiger partial charge in [-0.25, -0.2) is 4.79 Å². The molecule has 0 aromatic heterocycles. The van der Waals surface area contributed by atoms with Crippen molar-refractivity contribution in [1.82, 2.24) is 4.90 Å². The van der Waals surface area contributed by atoms with Crippen molar-refractivity contribution >= 4 is 12.1 Å². The molecular formula is C10H14F3NO4. The first kappa shape index (κ1) is 14.6. The third-order valence-corrected chi connectivity index (χ3v) is 2.82. The van der Waals surface area contributed by atoms with Crippen LogP contribution in [0.4, 0.5) is 18.0 Å². The van der Waals surface area contributed by atoms with Crippen molar-refractivity contribution in [2.75, 3.05) is 13.1 Å². The molecule has 1 amide bonds. The minimum Gasteiger partial charge on any atom is -0.481 e. The fourth-order valence-electron chi connectivity index (χ4n) is 1.77. The van der Waals surface area contributed by atoms with Gasteiger partial charge in [-0.3, -0.25) is 4.79 Å². The second-order valence-electron chi connectivity index (χ2n) is 4.49. The van der Waals surface area contributed by atoms with Crippen LogP contribution in [-0.4, -0.2) is 47.4 Å². The summed E-state index contributed by atoms with van der Waals surface area (Å²) in [4.78, 5) is 23.1. The van der Waals surface area contributed by atoms with E-state index in [2.05, 4.69) is 0 Å². The van der Waals surface area contributed by atoms with Crippen LogP contribution in [0.5, 0.6) is 0 Å². The highest BCUT2D eigenvalue weighted by molar-refractivity contribution is 5.78. The number of amides is 1. The Kier molecular flexibility index (Phi) is 3.78. The van der Waals surface area contributed by atoms with Gasteiger partial charge >= 0.3 is 18.2 Å². The van der Waals surface area contributed by atoms with E-state index in [1.54, 1.807) is 13.8 Å². The molecule has 1 N–H and O–H groups in total. The van der Waals surface area contributed by atoms with Crippen LogP contribution in [0.1, 0.15) is 20.3 Å². The van der Waals surface area contributed by atoms with Gasteiger partial charge in [0.25, 0.3) is 0 Å². The summed E-state index contributed by atoms with van der Waals surface area (Å²) in [5, 5.41) is 8.78. The molecule has 0 aromatic carbocycles. The van der Waals surface area contributed by atoms with Gasteiger partial charge in [0.2, 0.25) is 0 Å². The number of likely N-dealkylation sites (tertiary alicyclic amines) is 1. The third kappa shape index (κ3) is 2.51. The largest absolute Gasteiger partial charge is 0.481 e. The first-order valence-electron chi connectivity index (χ1n) is 5.36. The van der Waals surface area contributed by atoms with Crippen molar-refractivity contribution in [3.05, 3.63) is 0 Å². The van der Waals surface area contributed by atoms with E-state index in [9.17, 15) is 22.8 Å². The van der Waals surface area contributed by atoms with E-state index in [1.807, 2.05) is 0 Å². The molecule has 0 saturated carbocycles. The molecule has 1 aliphatic rings. The molecule has 0 aliphatic carbocycles. The number of carbonyl (C=O) groups is 2. The van der Waals surface area contributed by atoms with Crippen LogP contribution in [0.15, 0.2) is 0 Å². The third-order valence-electron chi connectivity index (χ3n) is 2.82. The Balaban J connectivity index is 2.85. The Morgan fingerprint density at radius 1 is 1.39 bits per heavy atom. The van der Waals surface area contributed by atoms with Crippen LogP contribution in [-0.2, 0) is 9.53 Å². The van der Waals surface area contributed by atoms with Gasteiger partial charge in [-0.05, 0) is 20.3 Å². The van der Waals surface area contributed by atoms with Crippen molar-refractivity contribution in [3.63, 3.8) is 0 Å². The highest BCUT2D eigenvalue weighted by atomic mass is 19.4. The van der Waals surface area contributed by atoms with Crippen LogP contribution in [0.2, 0.25) is 0 Å². The second-order valence-corrected chi connectivity index (χ2v) is 4.49. The molecule has 18 heavy (non-hydrogen) atoms. The molecule has 0 unspecified atom stereocenters. The number of ether oxygens (including phenoxy) is 1. The van der Waals surface area contributed by atoms with Gasteiger partial charge in [-0.2, -0.15) is 13.2 Å². The number of alkyl halides is 3. The summed E-state index contributed by atoms with van der Waals surface area (Å²) in [5.74, 6) is -1.96. The van der Waals surface area contributed by atoms with E-state index in [4.69, 9.17) is 9.84 Å². The molecule has 1 aliphatic heterocycles. The van der Waals surface area contributed by atoms with Crippen molar-refractivity contribution in [1.29, 1.82) is 0 Å². The van der Waals surface area contributed by atoms with Gasteiger partial charge in [0.05, 0.1) is 6.10 Å². The van der Waals surface area contributed by atoms with Crippen molar-refractivity contribution in [3.8, 4) is 0 Å². The predicted octanol–water partition coefficient (Wildman–Crippen LogP) is 1.87. The first-order valence-corrected chi connectivity index (χ1v) is 5.36. The van der Waals surface area contributed by atoms with Crippen molar-refractivity contribution < 1.29 is 32.6 Å². The molecule has 5 nitrogen and oxygen atoms in total. The van der Waals surface area contributed by atoms with Gasteiger partial charge in [-0.15, -0.1) is 0 Å². The number of aliphatic carboxylic acids is 1. The van der Waals surface area contributed by atoms with Gasteiger partial charge in [0.15, 0.2) is 5.41 Å². The van der Waals surface area contributed by atoms with Crippen LogP contribution < -0.4 is 0 Å². The lowest BCUT2D eigenvalue weighted by Gasteiger charge is -2.27. The van der Waals surface area contributed by atoms with E-state index in [1.165, 1.54) is 0 Å². The van der Waals surface area contributed by atoms with Crippen LogP contribution in [0, 0.1) is 5.41 Å². The number of nitrogens with zero attached hydrogens (tertiary/aromatic N) is 1. The maximum absolute atomic E-state index is 12.8. The smallest absolute Gasteiger partial charge is 0.410 e.